The number of carbonyl (C=O) groups excluding carboxylic acids is 1. The molecule has 104 valence electrons. The van der Waals surface area contributed by atoms with Gasteiger partial charge >= 0.3 is 0 Å². The van der Waals surface area contributed by atoms with Crippen LogP contribution in [-0.2, 0) is 4.79 Å². The van der Waals surface area contributed by atoms with Gasteiger partial charge in [0, 0.05) is 12.2 Å². The zero-order valence-electron chi connectivity index (χ0n) is 11.2. The van der Waals surface area contributed by atoms with Crippen molar-refractivity contribution in [1.29, 1.82) is 0 Å². The molecular formula is C14H19FN2OS. The summed E-state index contributed by atoms with van der Waals surface area (Å²) >= 11 is 4.97. The van der Waals surface area contributed by atoms with E-state index < -0.39 is 5.92 Å². The number of nitrogens with zero attached hydrogens (tertiary/aromatic N) is 1. The summed E-state index contributed by atoms with van der Waals surface area (Å²) in [6.45, 7) is 4.34. The van der Waals surface area contributed by atoms with Crippen LogP contribution in [0, 0.1) is 11.7 Å². The summed E-state index contributed by atoms with van der Waals surface area (Å²) in [7, 11) is 0. The Morgan fingerprint density at radius 1 is 1.37 bits per heavy atom. The van der Waals surface area contributed by atoms with Gasteiger partial charge in [-0.15, -0.1) is 0 Å². The molecule has 1 rings (SSSR count). The Morgan fingerprint density at radius 2 is 1.95 bits per heavy atom. The van der Waals surface area contributed by atoms with Gasteiger partial charge in [0.2, 0.25) is 5.91 Å². The lowest BCUT2D eigenvalue weighted by Crippen LogP contribution is -2.41. The monoisotopic (exact) mass is 282 g/mol. The van der Waals surface area contributed by atoms with Crippen molar-refractivity contribution in [2.75, 3.05) is 11.4 Å². The first-order valence-corrected chi connectivity index (χ1v) is 6.78. The van der Waals surface area contributed by atoms with Crippen molar-refractivity contribution in [3.63, 3.8) is 0 Å². The van der Waals surface area contributed by atoms with Gasteiger partial charge in [-0.1, -0.05) is 25.6 Å². The zero-order valence-corrected chi connectivity index (χ0v) is 12.0. The lowest BCUT2D eigenvalue weighted by molar-refractivity contribution is -0.120. The number of amides is 1. The summed E-state index contributed by atoms with van der Waals surface area (Å²) in [4.78, 5) is 14.3. The largest absolute Gasteiger partial charge is 0.393 e. The number of carbonyl (C=O) groups is 1. The van der Waals surface area contributed by atoms with Crippen LogP contribution >= 0.6 is 12.2 Å². The number of halogens is 1. The van der Waals surface area contributed by atoms with Gasteiger partial charge in [-0.25, -0.2) is 4.39 Å². The van der Waals surface area contributed by atoms with E-state index in [4.69, 9.17) is 18.0 Å². The molecular weight excluding hydrogens is 263 g/mol. The van der Waals surface area contributed by atoms with E-state index in [0.717, 1.165) is 6.42 Å². The summed E-state index contributed by atoms with van der Waals surface area (Å²) in [6.07, 6.45) is 1.46. The van der Waals surface area contributed by atoms with Crippen LogP contribution in [0.5, 0.6) is 0 Å². The number of anilines is 1. The summed E-state index contributed by atoms with van der Waals surface area (Å²) in [6, 6.07) is 5.83. The average Bonchev–Trinajstić information content (AvgIpc) is 2.38. The standard InChI is InChI=1S/C14H19FN2OS/c1-3-5-12(13(16)19)14(18)17(4-2)11-8-6-10(15)7-9-11/h6-9,12H,3-5H2,1-2H3,(H2,16,19). The second-order valence-corrected chi connectivity index (χ2v) is 4.77. The molecule has 0 saturated heterocycles. The minimum Gasteiger partial charge on any atom is -0.393 e. The topological polar surface area (TPSA) is 46.3 Å². The molecule has 0 aliphatic carbocycles. The molecule has 1 unspecified atom stereocenters. The third-order valence-corrected chi connectivity index (χ3v) is 3.22. The van der Waals surface area contributed by atoms with E-state index in [9.17, 15) is 9.18 Å². The summed E-state index contributed by atoms with van der Waals surface area (Å²) in [5, 5.41) is 0. The minimum absolute atomic E-state index is 0.122. The third-order valence-electron chi connectivity index (χ3n) is 2.94. The molecule has 0 radical (unpaired) electrons. The second kappa shape index (κ2) is 7.19. The van der Waals surface area contributed by atoms with Gasteiger partial charge in [0.25, 0.3) is 0 Å². The molecule has 0 spiro atoms. The van der Waals surface area contributed by atoms with Gasteiger partial charge in [-0.3, -0.25) is 4.79 Å². The molecule has 0 saturated carbocycles. The quantitative estimate of drug-likeness (QED) is 0.816. The molecule has 0 heterocycles. The van der Waals surface area contributed by atoms with Crippen molar-refractivity contribution in [2.24, 2.45) is 11.7 Å². The van der Waals surface area contributed by atoms with E-state index in [-0.39, 0.29) is 16.7 Å². The average molecular weight is 282 g/mol. The molecule has 0 bridgehead atoms. The molecule has 0 aromatic heterocycles. The Hall–Kier alpha value is -1.49. The van der Waals surface area contributed by atoms with Gasteiger partial charge in [0.15, 0.2) is 0 Å². The van der Waals surface area contributed by atoms with Gasteiger partial charge < -0.3 is 10.6 Å². The van der Waals surface area contributed by atoms with Crippen molar-refractivity contribution in [1.82, 2.24) is 0 Å². The molecule has 1 amide bonds. The van der Waals surface area contributed by atoms with Crippen molar-refractivity contribution in [3.05, 3.63) is 30.1 Å². The molecule has 19 heavy (non-hydrogen) atoms. The summed E-state index contributed by atoms with van der Waals surface area (Å²) in [5.74, 6) is -0.903. The predicted molar refractivity (Wildman–Crippen MR) is 79.6 cm³/mol. The number of hydrogen-bond acceptors (Lipinski definition) is 2. The maximum atomic E-state index is 12.9. The summed E-state index contributed by atoms with van der Waals surface area (Å²) < 4.78 is 12.9. The Bertz CT molecular complexity index is 447. The first-order valence-electron chi connectivity index (χ1n) is 6.37. The van der Waals surface area contributed by atoms with Crippen LogP contribution in [0.25, 0.3) is 0 Å². The zero-order chi connectivity index (χ0) is 14.4. The number of thiocarbonyl (C=S) groups is 1. The van der Waals surface area contributed by atoms with Crippen LogP contribution in [0.4, 0.5) is 10.1 Å². The Kier molecular flexibility index (Phi) is 5.89. The molecule has 5 heteroatoms. The molecule has 0 aliphatic heterocycles. The highest BCUT2D eigenvalue weighted by molar-refractivity contribution is 7.80. The van der Waals surface area contributed by atoms with E-state index >= 15 is 0 Å². The van der Waals surface area contributed by atoms with E-state index in [2.05, 4.69) is 0 Å². The molecule has 3 nitrogen and oxygen atoms in total. The molecule has 1 aromatic carbocycles. The van der Waals surface area contributed by atoms with Crippen LogP contribution < -0.4 is 10.6 Å². The Balaban J connectivity index is 2.98. The smallest absolute Gasteiger partial charge is 0.236 e. The molecule has 1 aromatic rings. The fourth-order valence-electron chi connectivity index (χ4n) is 1.95. The van der Waals surface area contributed by atoms with Crippen LogP contribution in [0.15, 0.2) is 24.3 Å². The number of rotatable bonds is 6. The predicted octanol–water partition coefficient (Wildman–Crippen LogP) is 2.88. The van der Waals surface area contributed by atoms with E-state index in [1.807, 2.05) is 13.8 Å². The highest BCUT2D eigenvalue weighted by Crippen LogP contribution is 2.19. The van der Waals surface area contributed by atoms with E-state index in [1.165, 1.54) is 12.1 Å². The third kappa shape index (κ3) is 3.99. The molecule has 0 fully saturated rings. The number of hydrogen-bond donors (Lipinski definition) is 1. The second-order valence-electron chi connectivity index (χ2n) is 4.30. The highest BCUT2D eigenvalue weighted by Gasteiger charge is 2.26. The molecule has 1 atom stereocenters. The number of benzene rings is 1. The maximum absolute atomic E-state index is 12.9. The van der Waals surface area contributed by atoms with Gasteiger partial charge in [-0.2, -0.15) is 0 Å². The fraction of sp³-hybridized carbons (Fsp3) is 0.429. The summed E-state index contributed by atoms with van der Waals surface area (Å²) in [5.41, 5.74) is 6.30. The van der Waals surface area contributed by atoms with Crippen molar-refractivity contribution in [3.8, 4) is 0 Å². The lowest BCUT2D eigenvalue weighted by Gasteiger charge is -2.25. The minimum atomic E-state index is -0.454. The first kappa shape index (κ1) is 15.6. The van der Waals surface area contributed by atoms with Crippen LogP contribution in [0.3, 0.4) is 0 Å². The van der Waals surface area contributed by atoms with Gasteiger partial charge in [0.1, 0.15) is 5.82 Å². The van der Waals surface area contributed by atoms with Crippen molar-refractivity contribution in [2.45, 2.75) is 26.7 Å². The van der Waals surface area contributed by atoms with Crippen LogP contribution in [0.2, 0.25) is 0 Å². The van der Waals surface area contributed by atoms with Crippen molar-refractivity contribution < 1.29 is 9.18 Å². The van der Waals surface area contributed by atoms with Crippen LogP contribution in [-0.4, -0.2) is 17.4 Å². The lowest BCUT2D eigenvalue weighted by atomic mass is 10.0. The van der Waals surface area contributed by atoms with E-state index in [1.54, 1.807) is 17.0 Å². The SMILES string of the molecule is CCCC(C(=O)N(CC)c1ccc(F)cc1)C(N)=S. The fourth-order valence-corrected chi connectivity index (χ4v) is 2.17. The highest BCUT2D eigenvalue weighted by atomic mass is 32.1. The Labute approximate surface area is 118 Å². The van der Waals surface area contributed by atoms with Gasteiger partial charge in [-0.05, 0) is 37.6 Å². The normalized spacial score (nSPS) is 11.9. The Morgan fingerprint density at radius 3 is 2.37 bits per heavy atom. The number of nitrogens with two attached hydrogens (primary N) is 1. The van der Waals surface area contributed by atoms with Crippen LogP contribution in [0.1, 0.15) is 26.7 Å². The van der Waals surface area contributed by atoms with Gasteiger partial charge in [0.05, 0.1) is 10.9 Å². The molecule has 0 aliphatic rings. The first-order chi connectivity index (χ1) is 9.01. The van der Waals surface area contributed by atoms with E-state index in [0.29, 0.717) is 18.7 Å². The van der Waals surface area contributed by atoms with Crippen molar-refractivity contribution >= 4 is 28.8 Å². The maximum Gasteiger partial charge on any atom is 0.236 e. The molecule has 2 N–H and O–H groups in total.